The monoisotopic (exact) mass is 276 g/mol. The van der Waals surface area contributed by atoms with Crippen LogP contribution < -0.4 is 10.6 Å². The molecule has 2 N–H and O–H groups in total. The molecule has 1 unspecified atom stereocenters. The van der Waals surface area contributed by atoms with Crippen molar-refractivity contribution in [3.8, 4) is 0 Å². The molecule has 4 nitrogen and oxygen atoms in total. The number of rotatable bonds is 2. The first-order valence-corrected chi connectivity index (χ1v) is 6.68. The molecule has 0 radical (unpaired) electrons. The molecule has 0 bridgehead atoms. The molecule has 5 heteroatoms. The molecule has 1 aliphatic heterocycles. The molecule has 18 heavy (non-hydrogen) atoms. The largest absolute Gasteiger partial charge is 0.378 e. The molecule has 0 aromatic rings. The number of carbonyl (C=O) groups excluding carboxylic acids is 1. The van der Waals surface area contributed by atoms with Gasteiger partial charge < -0.3 is 15.4 Å². The number of nitrogens with one attached hydrogen (secondary N) is 2. The van der Waals surface area contributed by atoms with Crippen molar-refractivity contribution in [1.29, 1.82) is 0 Å². The summed E-state index contributed by atoms with van der Waals surface area (Å²) < 4.78 is 5.30. The summed E-state index contributed by atoms with van der Waals surface area (Å²) >= 11 is 0. The molecule has 1 heterocycles. The van der Waals surface area contributed by atoms with E-state index in [0.29, 0.717) is 24.7 Å². The van der Waals surface area contributed by atoms with Gasteiger partial charge in [0.1, 0.15) is 6.04 Å². The summed E-state index contributed by atoms with van der Waals surface area (Å²) in [6.45, 7) is 6.60. The normalized spacial score (nSPS) is 28.2. The molecular weight excluding hydrogens is 252 g/mol. The lowest BCUT2D eigenvalue weighted by atomic mass is 9.75. The van der Waals surface area contributed by atoms with Gasteiger partial charge in [-0.2, -0.15) is 0 Å². The zero-order chi connectivity index (χ0) is 12.3. The quantitative estimate of drug-likeness (QED) is 0.803. The second kappa shape index (κ2) is 6.73. The molecule has 106 valence electrons. The maximum atomic E-state index is 12.0. The van der Waals surface area contributed by atoms with Crippen LogP contribution in [-0.4, -0.2) is 37.7 Å². The Labute approximate surface area is 116 Å². The van der Waals surface area contributed by atoms with Crippen LogP contribution in [0.1, 0.15) is 39.5 Å². The van der Waals surface area contributed by atoms with E-state index >= 15 is 0 Å². The Balaban J connectivity index is 0.00000162. The fourth-order valence-corrected chi connectivity index (χ4v) is 2.58. The number of halogens is 1. The molecule has 2 aliphatic rings. The van der Waals surface area contributed by atoms with E-state index in [1.165, 1.54) is 12.8 Å². The smallest absolute Gasteiger partial charge is 0.239 e. The van der Waals surface area contributed by atoms with Crippen molar-refractivity contribution in [3.05, 3.63) is 0 Å². The Hall–Kier alpha value is -0.320. The number of morpholine rings is 1. The van der Waals surface area contributed by atoms with E-state index < -0.39 is 0 Å². The van der Waals surface area contributed by atoms with Crippen molar-refractivity contribution in [2.75, 3.05) is 19.8 Å². The number of ether oxygens (including phenoxy) is 1. The minimum atomic E-state index is -0.154. The van der Waals surface area contributed by atoms with Gasteiger partial charge in [-0.1, -0.05) is 13.8 Å². The lowest BCUT2D eigenvalue weighted by Gasteiger charge is -2.35. The molecule has 2 fully saturated rings. The van der Waals surface area contributed by atoms with Crippen LogP contribution >= 0.6 is 12.4 Å². The molecule has 1 saturated carbocycles. The molecule has 1 amide bonds. The lowest BCUT2D eigenvalue weighted by molar-refractivity contribution is -0.127. The highest BCUT2D eigenvalue weighted by Gasteiger charge is 2.29. The summed E-state index contributed by atoms with van der Waals surface area (Å²) in [6.07, 6.45) is 4.61. The fourth-order valence-electron chi connectivity index (χ4n) is 2.58. The summed E-state index contributed by atoms with van der Waals surface area (Å²) in [5.74, 6) is 0.106. The van der Waals surface area contributed by atoms with Gasteiger partial charge in [0.05, 0.1) is 13.2 Å². The van der Waals surface area contributed by atoms with E-state index in [1.54, 1.807) is 0 Å². The average Bonchev–Trinajstić information content (AvgIpc) is 2.33. The van der Waals surface area contributed by atoms with Crippen LogP contribution in [0, 0.1) is 5.41 Å². The van der Waals surface area contributed by atoms with Gasteiger partial charge in [-0.05, 0) is 31.1 Å². The topological polar surface area (TPSA) is 50.4 Å². The van der Waals surface area contributed by atoms with E-state index in [0.717, 1.165) is 19.4 Å². The molecule has 1 aliphatic carbocycles. The van der Waals surface area contributed by atoms with Gasteiger partial charge in [0, 0.05) is 12.6 Å². The zero-order valence-corrected chi connectivity index (χ0v) is 12.1. The number of carbonyl (C=O) groups is 1. The molecule has 1 saturated heterocycles. The Bertz CT molecular complexity index is 268. The zero-order valence-electron chi connectivity index (χ0n) is 11.3. The minimum Gasteiger partial charge on any atom is -0.378 e. The van der Waals surface area contributed by atoms with Gasteiger partial charge in [0.2, 0.25) is 5.91 Å². The average molecular weight is 277 g/mol. The first-order valence-electron chi connectivity index (χ1n) is 6.68. The van der Waals surface area contributed by atoms with Gasteiger partial charge in [-0.3, -0.25) is 4.79 Å². The Morgan fingerprint density at radius 3 is 2.56 bits per heavy atom. The van der Waals surface area contributed by atoms with Crippen LogP contribution in [0.4, 0.5) is 0 Å². The van der Waals surface area contributed by atoms with E-state index in [9.17, 15) is 4.79 Å². The maximum absolute atomic E-state index is 12.0. The van der Waals surface area contributed by atoms with Gasteiger partial charge in [0.25, 0.3) is 0 Å². The van der Waals surface area contributed by atoms with Crippen molar-refractivity contribution in [2.24, 2.45) is 5.41 Å². The van der Waals surface area contributed by atoms with E-state index in [-0.39, 0.29) is 24.4 Å². The number of amides is 1. The highest BCUT2D eigenvalue weighted by atomic mass is 35.5. The van der Waals surface area contributed by atoms with Crippen LogP contribution in [0.25, 0.3) is 0 Å². The Morgan fingerprint density at radius 1 is 1.33 bits per heavy atom. The fraction of sp³-hybridized carbons (Fsp3) is 0.923. The van der Waals surface area contributed by atoms with Crippen molar-refractivity contribution in [1.82, 2.24) is 10.6 Å². The standard InChI is InChI=1S/C13H24N2O2.ClH/c1-13(2)5-3-10(4-6-13)15-12(16)11-9-17-8-7-14-11;/h10-11,14H,3-9H2,1-2H3,(H,15,16);1H. The van der Waals surface area contributed by atoms with Crippen molar-refractivity contribution in [3.63, 3.8) is 0 Å². The van der Waals surface area contributed by atoms with Crippen LogP contribution in [0.3, 0.4) is 0 Å². The second-order valence-electron chi connectivity index (χ2n) is 6.03. The maximum Gasteiger partial charge on any atom is 0.239 e. The highest BCUT2D eigenvalue weighted by Crippen LogP contribution is 2.34. The third kappa shape index (κ3) is 4.41. The summed E-state index contributed by atoms with van der Waals surface area (Å²) in [7, 11) is 0. The SMILES string of the molecule is CC1(C)CCC(NC(=O)C2COCCN2)CC1.Cl. The van der Waals surface area contributed by atoms with Gasteiger partial charge >= 0.3 is 0 Å². The van der Waals surface area contributed by atoms with Gasteiger partial charge in [-0.25, -0.2) is 0 Å². The Kier molecular flexibility index (Phi) is 5.89. The molecule has 2 rings (SSSR count). The molecule has 0 aromatic carbocycles. The number of hydrogen-bond donors (Lipinski definition) is 2. The van der Waals surface area contributed by atoms with Gasteiger partial charge in [-0.15, -0.1) is 12.4 Å². The molecular formula is C13H25ClN2O2. The third-order valence-electron chi connectivity index (χ3n) is 3.92. The number of hydrogen-bond acceptors (Lipinski definition) is 3. The highest BCUT2D eigenvalue weighted by molar-refractivity contribution is 5.85. The van der Waals surface area contributed by atoms with Crippen LogP contribution in [0.2, 0.25) is 0 Å². The summed E-state index contributed by atoms with van der Waals surface area (Å²) in [6, 6.07) is 0.206. The third-order valence-corrected chi connectivity index (χ3v) is 3.92. The minimum absolute atomic E-state index is 0. The molecule has 0 aromatic heterocycles. The summed E-state index contributed by atoms with van der Waals surface area (Å²) in [5, 5.41) is 6.33. The van der Waals surface area contributed by atoms with E-state index in [1.807, 2.05) is 0 Å². The van der Waals surface area contributed by atoms with Crippen LogP contribution in [-0.2, 0) is 9.53 Å². The van der Waals surface area contributed by atoms with Crippen LogP contribution in [0.15, 0.2) is 0 Å². The first-order chi connectivity index (χ1) is 8.07. The van der Waals surface area contributed by atoms with E-state index in [2.05, 4.69) is 24.5 Å². The lowest BCUT2D eigenvalue weighted by Crippen LogP contribution is -2.53. The van der Waals surface area contributed by atoms with Crippen molar-refractivity contribution < 1.29 is 9.53 Å². The van der Waals surface area contributed by atoms with E-state index in [4.69, 9.17) is 4.74 Å². The predicted molar refractivity (Wildman–Crippen MR) is 74.0 cm³/mol. The molecule has 0 spiro atoms. The van der Waals surface area contributed by atoms with Crippen molar-refractivity contribution in [2.45, 2.75) is 51.6 Å². The second-order valence-corrected chi connectivity index (χ2v) is 6.03. The van der Waals surface area contributed by atoms with Crippen molar-refractivity contribution >= 4 is 18.3 Å². The summed E-state index contributed by atoms with van der Waals surface area (Å²) in [4.78, 5) is 12.0. The first kappa shape index (κ1) is 15.7. The van der Waals surface area contributed by atoms with Gasteiger partial charge in [0.15, 0.2) is 0 Å². The predicted octanol–water partition coefficient (Wildman–Crippen LogP) is 1.48. The Morgan fingerprint density at radius 2 is 2.00 bits per heavy atom. The van der Waals surface area contributed by atoms with Crippen LogP contribution in [0.5, 0.6) is 0 Å². The molecule has 1 atom stereocenters. The summed E-state index contributed by atoms with van der Waals surface area (Å²) in [5.41, 5.74) is 0.452.